The first-order valence-corrected chi connectivity index (χ1v) is 8.77. The fourth-order valence-corrected chi connectivity index (χ4v) is 2.14. The minimum atomic E-state index is -5.00. The molecule has 162 valence electrons. The van der Waals surface area contributed by atoms with Crippen LogP contribution in [0.4, 0.5) is 28.9 Å². The van der Waals surface area contributed by atoms with E-state index < -0.39 is 35.2 Å². The molecule has 6 nitrogen and oxygen atoms in total. The summed E-state index contributed by atoms with van der Waals surface area (Å²) in [5.74, 6) is -3.09. The zero-order valence-electron chi connectivity index (χ0n) is 16.0. The molecule has 0 atom stereocenters. The van der Waals surface area contributed by atoms with Crippen LogP contribution >= 0.6 is 11.6 Å². The van der Waals surface area contributed by atoms with Gasteiger partial charge in [0.15, 0.2) is 0 Å². The molecular weight excluding hydrogens is 432 g/mol. The van der Waals surface area contributed by atoms with Crippen molar-refractivity contribution in [2.24, 2.45) is 5.41 Å². The zero-order chi connectivity index (χ0) is 22.7. The van der Waals surface area contributed by atoms with Gasteiger partial charge >= 0.3 is 12.3 Å². The SMILES string of the molecule is CC(C)(C)C(=O)ONc1ccc(F)c(NC(=O)c2ccc(Cl)c(OC(F)(F)F)c2)c1. The minimum absolute atomic E-state index is 0.154. The molecule has 0 aromatic heterocycles. The number of carbonyl (C=O) groups excluding carboxylic acids is 2. The third kappa shape index (κ3) is 6.51. The summed E-state index contributed by atoms with van der Waals surface area (Å²) in [4.78, 5) is 29.0. The second-order valence-electron chi connectivity index (χ2n) is 7.08. The van der Waals surface area contributed by atoms with Crippen molar-refractivity contribution in [2.75, 3.05) is 10.8 Å². The van der Waals surface area contributed by atoms with Crippen LogP contribution < -0.4 is 15.5 Å². The molecule has 30 heavy (non-hydrogen) atoms. The van der Waals surface area contributed by atoms with Crippen LogP contribution in [0, 0.1) is 11.2 Å². The third-order valence-corrected chi connectivity index (χ3v) is 3.82. The van der Waals surface area contributed by atoms with Crippen LogP contribution in [0.5, 0.6) is 5.75 Å². The van der Waals surface area contributed by atoms with Gasteiger partial charge in [-0.1, -0.05) is 11.6 Å². The van der Waals surface area contributed by atoms with E-state index in [1.165, 1.54) is 6.07 Å². The quantitative estimate of drug-likeness (QED) is 0.463. The topological polar surface area (TPSA) is 76.7 Å². The van der Waals surface area contributed by atoms with Crippen LogP contribution in [0.15, 0.2) is 36.4 Å². The van der Waals surface area contributed by atoms with E-state index in [1.54, 1.807) is 20.8 Å². The zero-order valence-corrected chi connectivity index (χ0v) is 16.7. The van der Waals surface area contributed by atoms with Crippen LogP contribution in [0.2, 0.25) is 5.02 Å². The highest BCUT2D eigenvalue weighted by molar-refractivity contribution is 6.32. The van der Waals surface area contributed by atoms with Crippen molar-refractivity contribution in [2.45, 2.75) is 27.1 Å². The summed E-state index contributed by atoms with van der Waals surface area (Å²) in [6.07, 6.45) is -5.00. The lowest BCUT2D eigenvalue weighted by Crippen LogP contribution is -2.25. The molecule has 0 aliphatic carbocycles. The molecular formula is C19H17ClF4N2O4. The third-order valence-electron chi connectivity index (χ3n) is 3.51. The fourth-order valence-electron chi connectivity index (χ4n) is 1.98. The summed E-state index contributed by atoms with van der Waals surface area (Å²) < 4.78 is 55.1. The molecule has 0 bridgehead atoms. The van der Waals surface area contributed by atoms with Crippen molar-refractivity contribution in [1.82, 2.24) is 0 Å². The van der Waals surface area contributed by atoms with E-state index in [1.807, 2.05) is 0 Å². The number of carbonyl (C=O) groups is 2. The Kier molecular flexibility index (Phi) is 6.81. The number of nitrogens with one attached hydrogen (secondary N) is 2. The Hall–Kier alpha value is -3.01. The first kappa shape index (κ1) is 23.3. The van der Waals surface area contributed by atoms with Crippen LogP contribution in [0.1, 0.15) is 31.1 Å². The highest BCUT2D eigenvalue weighted by atomic mass is 35.5. The first-order valence-electron chi connectivity index (χ1n) is 8.40. The van der Waals surface area contributed by atoms with Crippen LogP contribution in [-0.4, -0.2) is 18.2 Å². The number of halogens is 5. The van der Waals surface area contributed by atoms with E-state index in [9.17, 15) is 27.2 Å². The maximum atomic E-state index is 14.1. The number of rotatable bonds is 5. The van der Waals surface area contributed by atoms with E-state index in [4.69, 9.17) is 16.4 Å². The van der Waals surface area contributed by atoms with Gasteiger partial charge in [-0.2, -0.15) is 0 Å². The molecule has 1 amide bonds. The number of ether oxygens (including phenoxy) is 1. The van der Waals surface area contributed by atoms with Gasteiger partial charge in [0, 0.05) is 5.56 Å². The van der Waals surface area contributed by atoms with Crippen LogP contribution in [0.25, 0.3) is 0 Å². The number of alkyl halides is 3. The van der Waals surface area contributed by atoms with Crippen molar-refractivity contribution < 1.29 is 36.7 Å². The van der Waals surface area contributed by atoms with Gasteiger partial charge in [0.2, 0.25) is 0 Å². The molecule has 0 saturated carbocycles. The lowest BCUT2D eigenvalue weighted by Gasteiger charge is -2.17. The van der Waals surface area contributed by atoms with Crippen LogP contribution in [0.3, 0.4) is 0 Å². The minimum Gasteiger partial charge on any atom is -0.404 e. The predicted molar refractivity (Wildman–Crippen MR) is 102 cm³/mol. The Bertz CT molecular complexity index is 959. The van der Waals surface area contributed by atoms with Crippen LogP contribution in [-0.2, 0) is 9.63 Å². The van der Waals surface area contributed by atoms with Crippen molar-refractivity contribution >= 4 is 34.9 Å². The lowest BCUT2D eigenvalue weighted by atomic mass is 9.98. The highest BCUT2D eigenvalue weighted by Crippen LogP contribution is 2.31. The maximum absolute atomic E-state index is 14.1. The Labute approximate surface area is 174 Å². The van der Waals surface area contributed by atoms with Crippen molar-refractivity contribution in [3.63, 3.8) is 0 Å². The Morgan fingerprint density at radius 1 is 1.03 bits per heavy atom. The molecule has 0 aliphatic heterocycles. The van der Waals surface area contributed by atoms with Gasteiger partial charge in [-0.3, -0.25) is 4.79 Å². The number of amides is 1. The van der Waals surface area contributed by atoms with Crippen molar-refractivity contribution in [1.29, 1.82) is 0 Å². The van der Waals surface area contributed by atoms with Gasteiger partial charge in [-0.05, 0) is 57.2 Å². The maximum Gasteiger partial charge on any atom is 0.573 e. The van der Waals surface area contributed by atoms with Gasteiger partial charge in [0.05, 0.1) is 21.8 Å². The molecule has 0 fully saturated rings. The number of hydrogen-bond donors (Lipinski definition) is 2. The van der Waals surface area contributed by atoms with Gasteiger partial charge in [-0.15, -0.1) is 13.2 Å². The van der Waals surface area contributed by atoms with Gasteiger partial charge in [0.25, 0.3) is 5.91 Å². The normalized spacial score (nSPS) is 11.6. The van der Waals surface area contributed by atoms with Gasteiger partial charge in [0.1, 0.15) is 11.6 Å². The van der Waals surface area contributed by atoms with E-state index in [0.717, 1.165) is 30.3 Å². The number of benzene rings is 2. The summed E-state index contributed by atoms with van der Waals surface area (Å²) in [7, 11) is 0. The summed E-state index contributed by atoms with van der Waals surface area (Å²) in [5.41, 5.74) is 1.16. The molecule has 11 heteroatoms. The number of anilines is 2. The second-order valence-corrected chi connectivity index (χ2v) is 7.49. The van der Waals surface area contributed by atoms with Crippen molar-refractivity contribution in [3.8, 4) is 5.75 Å². The Morgan fingerprint density at radius 3 is 2.30 bits per heavy atom. The molecule has 2 N–H and O–H groups in total. The molecule has 0 spiro atoms. The van der Waals surface area contributed by atoms with Gasteiger partial charge in [-0.25, -0.2) is 14.7 Å². The van der Waals surface area contributed by atoms with E-state index in [2.05, 4.69) is 15.5 Å². The summed E-state index contributed by atoms with van der Waals surface area (Å²) in [6, 6.07) is 6.37. The molecule has 2 rings (SSSR count). The average molecular weight is 449 g/mol. The molecule has 2 aromatic rings. The fraction of sp³-hybridized carbons (Fsp3) is 0.263. The summed E-state index contributed by atoms with van der Waals surface area (Å²) in [5, 5.41) is 1.86. The smallest absolute Gasteiger partial charge is 0.404 e. The molecule has 0 unspecified atom stereocenters. The monoisotopic (exact) mass is 448 g/mol. The standard InChI is InChI=1S/C19H17ClF4N2O4/c1-18(2,3)17(28)30-26-11-5-7-13(21)14(9-11)25-16(27)10-4-6-12(20)15(8-10)29-19(22,23)24/h4-9,26H,1-3H3,(H,25,27). The molecule has 0 aliphatic rings. The first-order chi connectivity index (χ1) is 13.8. The predicted octanol–water partition coefficient (Wildman–Crippen LogP) is 5.55. The Morgan fingerprint density at radius 2 is 1.70 bits per heavy atom. The number of hydrogen-bond acceptors (Lipinski definition) is 5. The van der Waals surface area contributed by atoms with Crippen molar-refractivity contribution in [3.05, 3.63) is 52.8 Å². The Balaban J connectivity index is 2.17. The average Bonchev–Trinajstić information content (AvgIpc) is 2.61. The second kappa shape index (κ2) is 8.78. The molecule has 2 aromatic carbocycles. The molecule has 0 heterocycles. The summed E-state index contributed by atoms with van der Waals surface area (Å²) in [6.45, 7) is 4.91. The molecule has 0 radical (unpaired) electrons. The lowest BCUT2D eigenvalue weighted by molar-refractivity contribution is -0.274. The highest BCUT2D eigenvalue weighted by Gasteiger charge is 2.32. The molecule has 0 saturated heterocycles. The summed E-state index contributed by atoms with van der Waals surface area (Å²) >= 11 is 5.64. The van der Waals surface area contributed by atoms with Gasteiger partial charge < -0.3 is 14.9 Å². The van der Waals surface area contributed by atoms with E-state index in [-0.39, 0.29) is 22.0 Å². The largest absolute Gasteiger partial charge is 0.573 e. The van der Waals surface area contributed by atoms with E-state index >= 15 is 0 Å². The van der Waals surface area contributed by atoms with E-state index in [0.29, 0.717) is 0 Å².